The van der Waals surface area contributed by atoms with Crippen molar-refractivity contribution in [1.29, 1.82) is 0 Å². The van der Waals surface area contributed by atoms with Gasteiger partial charge in [0.1, 0.15) is 24.0 Å². The summed E-state index contributed by atoms with van der Waals surface area (Å²) < 4.78 is 178. The van der Waals surface area contributed by atoms with Crippen LogP contribution in [-0.4, -0.2) is 176 Å². The van der Waals surface area contributed by atoms with Crippen molar-refractivity contribution in [3.8, 4) is 40.8 Å². The van der Waals surface area contributed by atoms with E-state index >= 15 is 0 Å². The maximum absolute atomic E-state index is 12.6. The van der Waals surface area contributed by atoms with Gasteiger partial charge in [-0.2, -0.15) is 59.1 Å². The molecule has 8 N–H and O–H groups in total. The molecule has 0 saturated heterocycles. The molecule has 34 nitrogen and oxygen atoms in total. The zero-order chi connectivity index (χ0) is 73.1. The molecule has 46 heteroatoms. The first-order chi connectivity index (χ1) is 44.5. The number of carboxylic acid groups (broad SMARTS) is 2. The molecular weight excluding hydrogens is 1420 g/mol. The number of nitro groups is 1. The molecule has 96 heavy (non-hydrogen) atoms. The fourth-order valence-corrected chi connectivity index (χ4v) is 8.85. The molecule has 3 heterocycles. The van der Waals surface area contributed by atoms with Gasteiger partial charge in [0.15, 0.2) is 5.03 Å². The molecule has 0 aliphatic rings. The van der Waals surface area contributed by atoms with Gasteiger partial charge in [0.05, 0.1) is 91.2 Å². The molecule has 0 spiro atoms. The second-order valence-electron chi connectivity index (χ2n) is 17.8. The number of halogens is 8. The van der Waals surface area contributed by atoms with Gasteiger partial charge in [-0.05, 0) is 66.3 Å². The van der Waals surface area contributed by atoms with Gasteiger partial charge in [0, 0.05) is 32.4 Å². The minimum absolute atomic E-state index is 0.0111. The van der Waals surface area contributed by atoms with E-state index in [1.54, 1.807) is 17.0 Å². The van der Waals surface area contributed by atoms with E-state index in [1.165, 1.54) is 92.7 Å². The van der Waals surface area contributed by atoms with Crippen molar-refractivity contribution >= 4 is 97.6 Å². The summed E-state index contributed by atoms with van der Waals surface area (Å²) in [6, 6.07) is 12.5. The number of hydrogen-bond acceptors (Lipinski definition) is 25. The molecule has 6 aromatic rings. The van der Waals surface area contributed by atoms with Crippen LogP contribution in [0.3, 0.4) is 0 Å². The highest BCUT2D eigenvalue weighted by Gasteiger charge is 2.32. The summed E-state index contributed by atoms with van der Waals surface area (Å²) >= 11 is 5.80. The number of carbonyl (C=O) groups is 5. The molecule has 6 rings (SSSR count). The third-order valence-corrected chi connectivity index (χ3v) is 13.3. The van der Waals surface area contributed by atoms with Crippen LogP contribution < -0.4 is 58.7 Å². The Labute approximate surface area is 546 Å². The van der Waals surface area contributed by atoms with E-state index in [4.69, 9.17) is 45.7 Å². The number of aromatic carboxylic acids is 1. The lowest BCUT2D eigenvalue weighted by molar-refractivity contribution is -0.385. The summed E-state index contributed by atoms with van der Waals surface area (Å²) in [5.74, 6) is -6.17. The van der Waals surface area contributed by atoms with Crippen LogP contribution in [-0.2, 0) is 46.5 Å². The third-order valence-electron chi connectivity index (χ3n) is 9.67. The van der Waals surface area contributed by atoms with Gasteiger partial charge in [-0.15, -0.1) is 0 Å². The van der Waals surface area contributed by atoms with Gasteiger partial charge >= 0.3 is 49.1 Å². The fraction of sp³-hybridized carbons (Fsp3) is 0.280. The minimum Gasteiger partial charge on any atom is -0.778 e. The average molecular weight is 1470 g/mol. The van der Waals surface area contributed by atoms with E-state index in [0.29, 0.717) is 17.0 Å². The molecule has 5 amide bonds. The predicted molar refractivity (Wildman–Crippen MR) is 321 cm³/mol. The highest BCUT2D eigenvalue weighted by Crippen LogP contribution is 2.39. The second-order valence-corrected chi connectivity index (χ2v) is 25.5. The standard InChI is InChI=1S/C15H11ClF3NO4.C15H18N6O6S.C14H10F4N4O7S.C3H8NO5P.C3H9S/c1-2-23-14-8-10(4-5-12(14)20(21)22)24-13-6-3-9(7-11(13)16)15(17,18)19;1-21(2)13(22)9-6-5-7-16-12(9)28(24,25)20-15(23)19-14-17-10(26-3)8-11(18-14)27-4;15-11(16)28-8-5-9(29-12(17)18)20-13(19-8)21-14(25)22-30(26,27)7-4-2-1-3-6(7)10(23)24;5-3(6)1-4-2-10(7,8)9;1-4(2)3/h3-8H,2H2,1H3;5-8H,1-4H3,(H2,17,18,19,20,23);1-5,11-12H,(H,23,24)(H2,19,20,21,22,25);4H,1-2H2,(H,5,6)(H2,7,8,9);1-3H3/q;;;;+1/p-1. The molecule has 0 radical (unpaired) electrons. The number of aromatic nitrogens is 5. The molecule has 3 aromatic heterocycles. The first kappa shape index (κ1) is 82.4. The maximum Gasteiger partial charge on any atom is 0.416 e. The number of carboxylic acids is 2. The van der Waals surface area contributed by atoms with Crippen LogP contribution in [0.15, 0.2) is 101 Å². The molecule has 3 aromatic carbocycles. The Balaban J connectivity index is 0.000000446. The van der Waals surface area contributed by atoms with Crippen LogP contribution in [0.5, 0.6) is 40.8 Å². The van der Waals surface area contributed by atoms with Crippen molar-refractivity contribution in [2.24, 2.45) is 0 Å². The highest BCUT2D eigenvalue weighted by atomic mass is 35.5. The van der Waals surface area contributed by atoms with Crippen LogP contribution in [0.2, 0.25) is 5.02 Å². The summed E-state index contributed by atoms with van der Waals surface area (Å²) in [6.45, 7) is -5.44. The number of urea groups is 2. The number of alkyl halides is 7. The van der Waals surface area contributed by atoms with Crippen molar-refractivity contribution in [2.45, 2.75) is 36.2 Å². The lowest BCUT2D eigenvalue weighted by Crippen LogP contribution is -2.36. The van der Waals surface area contributed by atoms with Gasteiger partial charge in [-0.1, -0.05) is 23.7 Å². The first-order valence-electron chi connectivity index (χ1n) is 25.4. The van der Waals surface area contributed by atoms with E-state index < -0.39 is 133 Å². The normalized spacial score (nSPS) is 11.5. The monoisotopic (exact) mass is 1470 g/mol. The van der Waals surface area contributed by atoms with E-state index in [9.17, 15) is 91.1 Å². The number of sulfonamides is 2. The van der Waals surface area contributed by atoms with Gasteiger partial charge in [-0.25, -0.2) is 37.2 Å². The number of methoxy groups -OCH3 is 2. The lowest BCUT2D eigenvalue weighted by Gasteiger charge is -2.14. The van der Waals surface area contributed by atoms with Crippen LogP contribution in [0, 0.1) is 10.1 Å². The Morgan fingerprint density at radius 3 is 1.70 bits per heavy atom. The zero-order valence-electron chi connectivity index (χ0n) is 50.4. The fourth-order valence-electron chi connectivity index (χ4n) is 6.09. The maximum atomic E-state index is 12.6. The topological polar surface area (TPSA) is 481 Å². The second kappa shape index (κ2) is 38.0. The van der Waals surface area contributed by atoms with E-state index in [2.05, 4.69) is 58.5 Å². The molecule has 1 unspecified atom stereocenters. The molecule has 526 valence electrons. The number of aliphatic carboxylic acids is 1. The van der Waals surface area contributed by atoms with Gasteiger partial charge in [0.2, 0.25) is 41.2 Å². The summed E-state index contributed by atoms with van der Waals surface area (Å²) in [7, 11) is -7.27. The molecule has 0 fully saturated rings. The number of benzene rings is 3. The zero-order valence-corrected chi connectivity index (χ0v) is 54.5. The molecule has 0 saturated carbocycles. The molecular formula is C50H55ClF7N12O22PS3. The van der Waals surface area contributed by atoms with E-state index in [-0.39, 0.29) is 57.8 Å². The third kappa shape index (κ3) is 29.7. The number of amides is 5. The Hall–Kier alpha value is -9.72. The van der Waals surface area contributed by atoms with Crippen LogP contribution in [0.25, 0.3) is 0 Å². The van der Waals surface area contributed by atoms with Gasteiger partial charge in [0.25, 0.3) is 26.0 Å². The number of carbonyl (C=O) groups excluding carboxylic acids is 3. The highest BCUT2D eigenvalue weighted by molar-refractivity contribution is 7.94. The molecule has 0 bridgehead atoms. The number of anilines is 2. The van der Waals surface area contributed by atoms with Crippen molar-refractivity contribution in [3.05, 3.63) is 123 Å². The number of pyridine rings is 1. The predicted octanol–water partition coefficient (Wildman–Crippen LogP) is 6.10. The Kier molecular flexibility index (Phi) is 32.6. The quantitative estimate of drug-likeness (QED) is 0.0118. The summed E-state index contributed by atoms with van der Waals surface area (Å²) in [5.41, 5.74) is -1.98. The number of rotatable bonds is 23. The van der Waals surface area contributed by atoms with E-state index in [0.717, 1.165) is 30.3 Å². The Bertz CT molecular complexity index is 3910. The smallest absolute Gasteiger partial charge is 0.416 e. The van der Waals surface area contributed by atoms with E-state index in [1.807, 2.05) is 5.32 Å². The average Bonchev–Trinajstić information content (AvgIpc) is 0.817. The molecule has 1 atom stereocenters. The van der Waals surface area contributed by atoms with Crippen LogP contribution in [0.4, 0.5) is 57.9 Å². The number of ether oxygens (including phenoxy) is 6. The van der Waals surface area contributed by atoms with Crippen LogP contribution in [0.1, 0.15) is 33.2 Å². The Morgan fingerprint density at radius 1 is 0.750 bits per heavy atom. The Morgan fingerprint density at radius 2 is 1.25 bits per heavy atom. The van der Waals surface area contributed by atoms with Crippen LogP contribution >= 0.6 is 19.2 Å². The number of nitro benzene ring substituents is 1. The van der Waals surface area contributed by atoms with Gasteiger partial charge < -0.3 is 57.9 Å². The van der Waals surface area contributed by atoms with Crippen molar-refractivity contribution in [1.82, 2.24) is 44.6 Å². The van der Waals surface area contributed by atoms with Gasteiger partial charge in [-0.3, -0.25) is 35.7 Å². The first-order valence-corrected chi connectivity index (χ1v) is 32.9. The summed E-state index contributed by atoms with van der Waals surface area (Å²) in [4.78, 5) is 104. The summed E-state index contributed by atoms with van der Waals surface area (Å²) in [5, 5.41) is 32.9. The minimum atomic E-state index is -4.71. The van der Waals surface area contributed by atoms with Crippen molar-refractivity contribution in [2.75, 3.05) is 77.2 Å². The number of nitrogens with one attached hydrogen (secondary N) is 5. The molecule has 0 aliphatic heterocycles. The van der Waals surface area contributed by atoms with Crippen molar-refractivity contribution < 1.29 is 129 Å². The number of hydrogen-bond donors (Lipinski definition) is 8. The lowest BCUT2D eigenvalue weighted by atomic mass is 10.2. The number of nitrogens with zero attached hydrogens (tertiary/aromatic N) is 7. The summed E-state index contributed by atoms with van der Waals surface area (Å²) in [6.07, 6.45) is 2.55. The SMILES string of the molecule is CCOc1cc(Oc2ccc(C(F)(F)F)cc2Cl)ccc1[N+](=O)[O-].COc1cc(OC)nc(NC(=O)NS(=O)(=O)c2ncccc2C(=O)N(C)C)n1.C[S+](C)C.O=C(Nc1nc(OC(F)F)cc(OC(F)F)n1)NS(=O)(=O)c1ccccc1C(=O)O.O=C(O)CNCP(=O)([O-])O. The van der Waals surface area contributed by atoms with Crippen molar-refractivity contribution in [3.63, 3.8) is 0 Å². The molecule has 0 aliphatic carbocycles. The largest absolute Gasteiger partial charge is 0.778 e.